The van der Waals surface area contributed by atoms with Gasteiger partial charge in [0.1, 0.15) is 11.2 Å². The van der Waals surface area contributed by atoms with E-state index in [9.17, 15) is 0 Å². The third kappa shape index (κ3) is 4.22. The number of fused-ring (bicyclic) bond motifs is 4. The van der Waals surface area contributed by atoms with Crippen LogP contribution in [0, 0.1) is 0 Å². The predicted octanol–water partition coefficient (Wildman–Crippen LogP) is 11.5. The first-order chi connectivity index (χ1) is 20.8. The Morgan fingerprint density at radius 1 is 0.381 bits per heavy atom. The normalized spacial score (nSPS) is 11.3. The first kappa shape index (κ1) is 24.2. The lowest BCUT2D eigenvalue weighted by molar-refractivity contribution is 0.670. The maximum absolute atomic E-state index is 6.33. The number of rotatable bonds is 5. The van der Waals surface area contributed by atoms with Crippen LogP contribution in [-0.4, -0.2) is 0 Å². The Kier molecular flexibility index (Phi) is 5.82. The molecule has 0 amide bonds. The number of anilines is 3. The van der Waals surface area contributed by atoms with Crippen LogP contribution in [0.4, 0.5) is 17.1 Å². The zero-order chi connectivity index (χ0) is 27.9. The minimum absolute atomic E-state index is 0.915. The van der Waals surface area contributed by atoms with Crippen molar-refractivity contribution in [3.8, 4) is 22.3 Å². The molecule has 0 aliphatic heterocycles. The fourth-order valence-electron chi connectivity index (χ4n) is 5.98. The minimum atomic E-state index is 0.915. The molecular weight excluding hydrogens is 510 g/mol. The summed E-state index contributed by atoms with van der Waals surface area (Å²) >= 11 is 0. The molecule has 0 saturated carbocycles. The molecule has 8 rings (SSSR count). The van der Waals surface area contributed by atoms with Crippen LogP contribution in [0.1, 0.15) is 0 Å². The van der Waals surface area contributed by atoms with Gasteiger partial charge in [0, 0.05) is 33.4 Å². The van der Waals surface area contributed by atoms with Gasteiger partial charge in [-0.15, -0.1) is 0 Å². The van der Waals surface area contributed by atoms with Crippen LogP contribution in [-0.2, 0) is 0 Å². The number of hydrogen-bond acceptors (Lipinski definition) is 2. The molecule has 0 fully saturated rings. The van der Waals surface area contributed by atoms with E-state index in [1.807, 2.05) is 12.1 Å². The summed E-state index contributed by atoms with van der Waals surface area (Å²) in [6, 6.07) is 58.0. The van der Waals surface area contributed by atoms with E-state index in [1.165, 1.54) is 21.9 Å². The Bertz CT molecular complexity index is 2190. The van der Waals surface area contributed by atoms with Gasteiger partial charge in [-0.05, 0) is 76.0 Å². The minimum Gasteiger partial charge on any atom is -0.455 e. The van der Waals surface area contributed by atoms with E-state index >= 15 is 0 Å². The lowest BCUT2D eigenvalue weighted by Gasteiger charge is -2.26. The zero-order valence-corrected chi connectivity index (χ0v) is 22.9. The summed E-state index contributed by atoms with van der Waals surface area (Å²) in [4.78, 5) is 2.32. The van der Waals surface area contributed by atoms with Crippen molar-refractivity contribution in [2.75, 3.05) is 4.90 Å². The molecule has 1 aromatic heterocycles. The summed E-state index contributed by atoms with van der Waals surface area (Å²) in [6.45, 7) is 0. The lowest BCUT2D eigenvalue weighted by Crippen LogP contribution is -2.09. The maximum atomic E-state index is 6.33. The number of furan rings is 1. The third-order valence-corrected chi connectivity index (χ3v) is 8.04. The van der Waals surface area contributed by atoms with Crippen molar-refractivity contribution < 1.29 is 4.42 Å². The molecule has 0 N–H and O–H groups in total. The van der Waals surface area contributed by atoms with E-state index in [4.69, 9.17) is 4.42 Å². The Hall–Kier alpha value is -5.60. The molecule has 42 heavy (non-hydrogen) atoms. The number of para-hydroxylation sites is 3. The first-order valence-corrected chi connectivity index (χ1v) is 14.3. The molecule has 7 aromatic carbocycles. The topological polar surface area (TPSA) is 16.4 Å². The van der Waals surface area contributed by atoms with E-state index in [1.54, 1.807) is 0 Å². The number of benzene rings is 7. The molecule has 0 aliphatic carbocycles. The van der Waals surface area contributed by atoms with Gasteiger partial charge in [-0.25, -0.2) is 0 Å². The Balaban J connectivity index is 1.21. The Labute approximate surface area is 244 Å². The van der Waals surface area contributed by atoms with Crippen molar-refractivity contribution in [2.45, 2.75) is 0 Å². The first-order valence-electron chi connectivity index (χ1n) is 14.3. The maximum Gasteiger partial charge on any atom is 0.143 e. The van der Waals surface area contributed by atoms with Crippen LogP contribution in [0.25, 0.3) is 55.0 Å². The quantitative estimate of drug-likeness (QED) is 0.217. The second-order valence-electron chi connectivity index (χ2n) is 10.6. The SMILES string of the molecule is c1ccc(N(c2ccc(-c3cccc4c3oc3ccccc34)cc2)c2cccc(-c3ccc4ccccc4c3)c2)cc1. The molecule has 8 aromatic rings. The van der Waals surface area contributed by atoms with E-state index in [0.717, 1.165) is 50.1 Å². The molecule has 0 atom stereocenters. The van der Waals surface area contributed by atoms with Crippen molar-refractivity contribution in [1.82, 2.24) is 0 Å². The van der Waals surface area contributed by atoms with Gasteiger partial charge < -0.3 is 9.32 Å². The zero-order valence-electron chi connectivity index (χ0n) is 22.9. The van der Waals surface area contributed by atoms with Gasteiger partial charge in [-0.2, -0.15) is 0 Å². The molecule has 0 bridgehead atoms. The van der Waals surface area contributed by atoms with Crippen LogP contribution < -0.4 is 4.90 Å². The van der Waals surface area contributed by atoms with Gasteiger partial charge in [0.15, 0.2) is 0 Å². The molecule has 2 nitrogen and oxygen atoms in total. The van der Waals surface area contributed by atoms with Crippen LogP contribution >= 0.6 is 0 Å². The molecule has 0 unspecified atom stereocenters. The summed E-state index contributed by atoms with van der Waals surface area (Å²) < 4.78 is 6.33. The van der Waals surface area contributed by atoms with Crippen molar-refractivity contribution in [3.63, 3.8) is 0 Å². The highest BCUT2D eigenvalue weighted by Gasteiger charge is 2.15. The molecule has 198 valence electrons. The molecule has 2 heteroatoms. The molecule has 0 aliphatic rings. The van der Waals surface area contributed by atoms with Gasteiger partial charge in [-0.3, -0.25) is 0 Å². The van der Waals surface area contributed by atoms with Crippen molar-refractivity contribution in [1.29, 1.82) is 0 Å². The predicted molar refractivity (Wildman–Crippen MR) is 177 cm³/mol. The monoisotopic (exact) mass is 537 g/mol. The molecule has 0 spiro atoms. The highest BCUT2D eigenvalue weighted by Crippen LogP contribution is 2.39. The van der Waals surface area contributed by atoms with E-state index in [-0.39, 0.29) is 0 Å². The largest absolute Gasteiger partial charge is 0.455 e. The fourth-order valence-corrected chi connectivity index (χ4v) is 5.98. The smallest absolute Gasteiger partial charge is 0.143 e. The standard InChI is InChI=1S/C40H27NO/c1-2-13-33(14-3-1)41(35-15-8-12-31(27-35)32-21-20-28-10-4-5-11-30(28)26-32)34-24-22-29(23-25-34)36-17-9-18-38-37-16-6-7-19-39(37)42-40(36)38/h1-27H. The molecular formula is C40H27NO. The van der Waals surface area contributed by atoms with Crippen molar-refractivity contribution in [3.05, 3.63) is 164 Å². The highest BCUT2D eigenvalue weighted by molar-refractivity contribution is 6.09. The summed E-state index contributed by atoms with van der Waals surface area (Å²) in [6.07, 6.45) is 0. The lowest BCUT2D eigenvalue weighted by atomic mass is 10.00. The Morgan fingerprint density at radius 2 is 1.02 bits per heavy atom. The number of nitrogens with zero attached hydrogens (tertiary/aromatic N) is 1. The van der Waals surface area contributed by atoms with E-state index in [2.05, 4.69) is 157 Å². The average molecular weight is 538 g/mol. The van der Waals surface area contributed by atoms with E-state index < -0.39 is 0 Å². The van der Waals surface area contributed by atoms with Crippen LogP contribution in [0.2, 0.25) is 0 Å². The second kappa shape index (κ2) is 10.1. The van der Waals surface area contributed by atoms with E-state index in [0.29, 0.717) is 0 Å². The molecule has 0 saturated heterocycles. The summed E-state index contributed by atoms with van der Waals surface area (Å²) in [5.41, 5.74) is 9.77. The second-order valence-corrected chi connectivity index (χ2v) is 10.6. The van der Waals surface area contributed by atoms with Crippen LogP contribution in [0.3, 0.4) is 0 Å². The third-order valence-electron chi connectivity index (χ3n) is 8.04. The summed E-state index contributed by atoms with van der Waals surface area (Å²) in [7, 11) is 0. The van der Waals surface area contributed by atoms with Gasteiger partial charge in [0.2, 0.25) is 0 Å². The average Bonchev–Trinajstić information content (AvgIpc) is 3.45. The van der Waals surface area contributed by atoms with Gasteiger partial charge in [0.05, 0.1) is 0 Å². The molecule has 0 radical (unpaired) electrons. The molecule has 1 heterocycles. The van der Waals surface area contributed by atoms with Crippen LogP contribution in [0.5, 0.6) is 0 Å². The summed E-state index contributed by atoms with van der Waals surface area (Å²) in [5.74, 6) is 0. The van der Waals surface area contributed by atoms with Crippen molar-refractivity contribution >= 4 is 49.8 Å². The van der Waals surface area contributed by atoms with Crippen LogP contribution in [0.15, 0.2) is 168 Å². The van der Waals surface area contributed by atoms with Gasteiger partial charge in [-0.1, -0.05) is 115 Å². The Morgan fingerprint density at radius 3 is 1.90 bits per heavy atom. The van der Waals surface area contributed by atoms with Crippen molar-refractivity contribution in [2.24, 2.45) is 0 Å². The summed E-state index contributed by atoms with van der Waals surface area (Å²) in [5, 5.41) is 4.79. The van der Waals surface area contributed by atoms with Gasteiger partial charge >= 0.3 is 0 Å². The fraction of sp³-hybridized carbons (Fsp3) is 0. The number of hydrogen-bond donors (Lipinski definition) is 0. The van der Waals surface area contributed by atoms with Gasteiger partial charge in [0.25, 0.3) is 0 Å². The highest BCUT2D eigenvalue weighted by atomic mass is 16.3.